The molecule has 2 rings (SSSR count). The van der Waals surface area contributed by atoms with Gasteiger partial charge in [0.1, 0.15) is 5.82 Å². The van der Waals surface area contributed by atoms with E-state index >= 15 is 0 Å². The average Bonchev–Trinajstić information content (AvgIpc) is 2.63. The number of hydrogen-bond acceptors (Lipinski definition) is 5. The largest absolute Gasteiger partial charge is 0.385 e. The molecule has 2 aromatic rings. The van der Waals surface area contributed by atoms with E-state index in [1.54, 1.807) is 44.5 Å². The molecule has 8 heteroatoms. The van der Waals surface area contributed by atoms with E-state index in [9.17, 15) is 8.42 Å². The molecular formula is C18H20BrN3O3S. The quantitative estimate of drug-likeness (QED) is 0.588. The van der Waals surface area contributed by atoms with Crippen LogP contribution in [0.4, 0.5) is 5.82 Å². The number of rotatable bonds is 8. The maximum atomic E-state index is 13.3. The van der Waals surface area contributed by atoms with Crippen molar-refractivity contribution in [1.29, 1.82) is 5.26 Å². The lowest BCUT2D eigenvalue weighted by atomic mass is 10.2. The second-order valence-electron chi connectivity index (χ2n) is 5.70. The van der Waals surface area contributed by atoms with E-state index in [1.807, 2.05) is 6.07 Å². The van der Waals surface area contributed by atoms with E-state index in [-0.39, 0.29) is 11.4 Å². The zero-order valence-corrected chi connectivity index (χ0v) is 17.0. The Balaban J connectivity index is 2.45. The Kier molecular flexibility index (Phi) is 7.14. The number of unbranched alkanes of at least 4 members (excludes halogenated alkanes) is 1. The minimum absolute atomic E-state index is 0.119. The van der Waals surface area contributed by atoms with Crippen LogP contribution in [0.15, 0.2) is 45.9 Å². The highest BCUT2D eigenvalue weighted by Crippen LogP contribution is 2.26. The van der Waals surface area contributed by atoms with Crippen molar-refractivity contribution in [3.05, 3.63) is 52.1 Å². The van der Waals surface area contributed by atoms with Gasteiger partial charge in [-0.2, -0.15) is 5.26 Å². The third kappa shape index (κ3) is 4.81. The van der Waals surface area contributed by atoms with Gasteiger partial charge in [0, 0.05) is 30.9 Å². The maximum absolute atomic E-state index is 13.3. The summed E-state index contributed by atoms with van der Waals surface area (Å²) in [7, 11) is -2.24. The first-order valence-corrected chi connectivity index (χ1v) is 10.3. The van der Waals surface area contributed by atoms with Crippen LogP contribution < -0.4 is 4.31 Å². The molecule has 0 aliphatic rings. The number of nitriles is 1. The molecule has 6 nitrogen and oxygen atoms in total. The van der Waals surface area contributed by atoms with Crippen LogP contribution in [0.1, 0.15) is 24.0 Å². The van der Waals surface area contributed by atoms with Crippen LogP contribution in [0.3, 0.4) is 0 Å². The third-order valence-electron chi connectivity index (χ3n) is 3.81. The van der Waals surface area contributed by atoms with Gasteiger partial charge in [0.15, 0.2) is 0 Å². The Labute approximate surface area is 162 Å². The van der Waals surface area contributed by atoms with Gasteiger partial charge in [-0.1, -0.05) is 6.07 Å². The van der Waals surface area contributed by atoms with Gasteiger partial charge in [0.05, 0.1) is 16.5 Å². The summed E-state index contributed by atoms with van der Waals surface area (Å²) in [4.78, 5) is 4.36. The van der Waals surface area contributed by atoms with Gasteiger partial charge in [-0.3, -0.25) is 0 Å². The lowest BCUT2D eigenvalue weighted by Gasteiger charge is -2.24. The molecule has 1 aromatic heterocycles. The number of aryl methyl sites for hydroxylation is 1. The predicted octanol–water partition coefficient (Wildman–Crippen LogP) is 3.65. The third-order valence-corrected chi connectivity index (χ3v) is 6.23. The highest BCUT2D eigenvalue weighted by molar-refractivity contribution is 9.10. The van der Waals surface area contributed by atoms with Gasteiger partial charge in [0.25, 0.3) is 10.0 Å². The van der Waals surface area contributed by atoms with E-state index in [2.05, 4.69) is 20.9 Å². The van der Waals surface area contributed by atoms with Crippen molar-refractivity contribution in [2.24, 2.45) is 0 Å². The van der Waals surface area contributed by atoms with Crippen molar-refractivity contribution in [1.82, 2.24) is 4.98 Å². The van der Waals surface area contributed by atoms with Crippen molar-refractivity contribution < 1.29 is 13.2 Å². The first kappa shape index (κ1) is 20.4. The van der Waals surface area contributed by atoms with Crippen molar-refractivity contribution in [3.8, 4) is 6.07 Å². The number of anilines is 1. The normalized spacial score (nSPS) is 11.2. The molecule has 138 valence electrons. The van der Waals surface area contributed by atoms with E-state index in [0.29, 0.717) is 30.0 Å². The smallest absolute Gasteiger partial charge is 0.265 e. The second-order valence-corrected chi connectivity index (χ2v) is 8.45. The molecule has 1 heterocycles. The molecule has 26 heavy (non-hydrogen) atoms. The Hall–Kier alpha value is -1.95. The van der Waals surface area contributed by atoms with Crippen LogP contribution >= 0.6 is 15.9 Å². The van der Waals surface area contributed by atoms with E-state index < -0.39 is 10.0 Å². The molecule has 0 amide bonds. The molecule has 0 atom stereocenters. The zero-order chi connectivity index (χ0) is 19.2. The van der Waals surface area contributed by atoms with E-state index in [4.69, 9.17) is 10.00 Å². The number of benzene rings is 1. The van der Waals surface area contributed by atoms with Crippen LogP contribution in [0.2, 0.25) is 0 Å². The molecule has 0 radical (unpaired) electrons. The Bertz CT molecular complexity index is 893. The summed E-state index contributed by atoms with van der Waals surface area (Å²) in [5.74, 6) is 0.340. The standard InChI is InChI=1S/C18H20BrN3O3S/c1-14-5-6-15(12-20)11-17(14)26(23,24)22(9-3-4-10-25-2)18-8-7-16(19)13-21-18/h5-8,11,13H,3-4,9-10H2,1-2H3. The number of halogens is 1. The maximum Gasteiger partial charge on any atom is 0.265 e. The monoisotopic (exact) mass is 437 g/mol. The molecule has 0 unspecified atom stereocenters. The fourth-order valence-electron chi connectivity index (χ4n) is 2.44. The van der Waals surface area contributed by atoms with Crippen molar-refractivity contribution in [2.75, 3.05) is 24.6 Å². The van der Waals surface area contributed by atoms with Gasteiger partial charge in [-0.05, 0) is 65.5 Å². The van der Waals surface area contributed by atoms with Crippen molar-refractivity contribution in [2.45, 2.75) is 24.7 Å². The molecular weight excluding hydrogens is 418 g/mol. The van der Waals surface area contributed by atoms with E-state index in [0.717, 1.165) is 10.9 Å². The van der Waals surface area contributed by atoms with Crippen LogP contribution in [-0.4, -0.2) is 33.7 Å². The Morgan fingerprint density at radius 2 is 2.04 bits per heavy atom. The summed E-state index contributed by atoms with van der Waals surface area (Å²) >= 11 is 3.31. The fraction of sp³-hybridized carbons (Fsp3) is 0.333. The van der Waals surface area contributed by atoms with Crippen molar-refractivity contribution >= 4 is 31.8 Å². The summed E-state index contributed by atoms with van der Waals surface area (Å²) in [6.45, 7) is 2.55. The van der Waals surface area contributed by atoms with Gasteiger partial charge >= 0.3 is 0 Å². The molecule has 0 bridgehead atoms. The number of methoxy groups -OCH3 is 1. The first-order chi connectivity index (χ1) is 12.4. The van der Waals surface area contributed by atoms with Crippen LogP contribution in [0.5, 0.6) is 0 Å². The molecule has 0 saturated heterocycles. The highest BCUT2D eigenvalue weighted by atomic mass is 79.9. The summed E-state index contributed by atoms with van der Waals surface area (Å²) < 4.78 is 33.7. The Morgan fingerprint density at radius 3 is 2.65 bits per heavy atom. The molecule has 0 aliphatic heterocycles. The number of hydrogen-bond donors (Lipinski definition) is 0. The lowest BCUT2D eigenvalue weighted by Crippen LogP contribution is -2.33. The summed E-state index contributed by atoms with van der Waals surface area (Å²) in [6, 6.07) is 10.1. The van der Waals surface area contributed by atoms with Gasteiger partial charge in [0.2, 0.25) is 0 Å². The number of pyridine rings is 1. The van der Waals surface area contributed by atoms with Gasteiger partial charge in [-0.15, -0.1) is 0 Å². The number of sulfonamides is 1. The van der Waals surface area contributed by atoms with Crippen LogP contribution in [0.25, 0.3) is 0 Å². The Morgan fingerprint density at radius 1 is 1.27 bits per heavy atom. The molecule has 0 aliphatic carbocycles. The van der Waals surface area contributed by atoms with Gasteiger partial charge in [-0.25, -0.2) is 17.7 Å². The summed E-state index contributed by atoms with van der Waals surface area (Å²) in [6.07, 6.45) is 2.92. The molecule has 0 fully saturated rings. The first-order valence-electron chi connectivity index (χ1n) is 8.04. The van der Waals surface area contributed by atoms with Gasteiger partial charge < -0.3 is 4.74 Å². The molecule has 1 aromatic carbocycles. The topological polar surface area (TPSA) is 83.3 Å². The average molecular weight is 438 g/mol. The highest BCUT2D eigenvalue weighted by Gasteiger charge is 2.27. The van der Waals surface area contributed by atoms with Crippen molar-refractivity contribution in [3.63, 3.8) is 0 Å². The number of aromatic nitrogens is 1. The fourth-order valence-corrected chi connectivity index (χ4v) is 4.39. The number of nitrogens with zero attached hydrogens (tertiary/aromatic N) is 3. The molecule has 0 saturated carbocycles. The van der Waals surface area contributed by atoms with Crippen LogP contribution in [-0.2, 0) is 14.8 Å². The SMILES string of the molecule is COCCCCN(c1ccc(Br)cn1)S(=O)(=O)c1cc(C#N)ccc1C. The summed E-state index contributed by atoms with van der Waals surface area (Å²) in [5, 5.41) is 9.12. The number of ether oxygens (including phenoxy) is 1. The summed E-state index contributed by atoms with van der Waals surface area (Å²) in [5.41, 5.74) is 0.889. The zero-order valence-electron chi connectivity index (χ0n) is 14.6. The predicted molar refractivity (Wildman–Crippen MR) is 103 cm³/mol. The minimum atomic E-state index is -3.85. The lowest BCUT2D eigenvalue weighted by molar-refractivity contribution is 0.193. The second kappa shape index (κ2) is 9.12. The molecule has 0 spiro atoms. The molecule has 0 N–H and O–H groups in total. The van der Waals surface area contributed by atoms with E-state index in [1.165, 1.54) is 10.4 Å². The van der Waals surface area contributed by atoms with Crippen LogP contribution in [0, 0.1) is 18.3 Å². The minimum Gasteiger partial charge on any atom is -0.385 e.